The summed E-state index contributed by atoms with van der Waals surface area (Å²) in [6.07, 6.45) is 1.52. The van der Waals surface area contributed by atoms with E-state index < -0.39 is 0 Å². The highest BCUT2D eigenvalue weighted by Gasteiger charge is 2.11. The van der Waals surface area contributed by atoms with Gasteiger partial charge in [-0.1, -0.05) is 29.8 Å². The van der Waals surface area contributed by atoms with Crippen molar-refractivity contribution in [3.8, 4) is 17.4 Å². The SMILES string of the molecule is COc1cc(C)ccc1Oc1ccc(NC(=O)c2ccccc2Cl)cn1. The van der Waals surface area contributed by atoms with Crippen molar-refractivity contribution in [2.24, 2.45) is 0 Å². The topological polar surface area (TPSA) is 60.5 Å². The Morgan fingerprint density at radius 3 is 2.58 bits per heavy atom. The van der Waals surface area contributed by atoms with Crippen molar-refractivity contribution < 1.29 is 14.3 Å². The third kappa shape index (κ3) is 4.13. The number of nitrogens with zero attached hydrogens (tertiary/aromatic N) is 1. The van der Waals surface area contributed by atoms with Gasteiger partial charge in [0, 0.05) is 6.07 Å². The number of aromatic nitrogens is 1. The number of methoxy groups -OCH3 is 1. The number of nitrogens with one attached hydrogen (secondary N) is 1. The van der Waals surface area contributed by atoms with Gasteiger partial charge in [-0.2, -0.15) is 0 Å². The molecule has 1 heterocycles. The number of carbonyl (C=O) groups is 1. The summed E-state index contributed by atoms with van der Waals surface area (Å²) in [5.41, 5.74) is 2.01. The van der Waals surface area contributed by atoms with Crippen LogP contribution in [0.5, 0.6) is 17.4 Å². The number of carbonyl (C=O) groups excluding carboxylic acids is 1. The summed E-state index contributed by atoms with van der Waals surface area (Å²) in [7, 11) is 1.59. The fourth-order valence-electron chi connectivity index (χ4n) is 2.33. The van der Waals surface area contributed by atoms with Crippen molar-refractivity contribution in [3.05, 3.63) is 76.9 Å². The van der Waals surface area contributed by atoms with E-state index in [1.54, 1.807) is 43.5 Å². The van der Waals surface area contributed by atoms with Gasteiger partial charge in [0.15, 0.2) is 11.5 Å². The normalized spacial score (nSPS) is 10.3. The average Bonchev–Trinajstić information content (AvgIpc) is 2.65. The molecule has 3 rings (SSSR count). The molecule has 0 saturated carbocycles. The van der Waals surface area contributed by atoms with E-state index in [2.05, 4.69) is 10.3 Å². The fraction of sp³-hybridized carbons (Fsp3) is 0.100. The number of pyridine rings is 1. The first-order valence-electron chi connectivity index (χ1n) is 7.91. The van der Waals surface area contributed by atoms with E-state index in [1.165, 1.54) is 6.20 Å². The molecule has 0 spiro atoms. The number of aryl methyl sites for hydroxylation is 1. The van der Waals surface area contributed by atoms with Crippen molar-refractivity contribution >= 4 is 23.2 Å². The van der Waals surface area contributed by atoms with Gasteiger partial charge in [0.05, 0.1) is 29.6 Å². The molecule has 3 aromatic rings. The van der Waals surface area contributed by atoms with E-state index in [4.69, 9.17) is 21.1 Å². The van der Waals surface area contributed by atoms with Crippen LogP contribution in [0.3, 0.4) is 0 Å². The summed E-state index contributed by atoms with van der Waals surface area (Å²) in [5.74, 6) is 1.29. The molecule has 0 aliphatic heterocycles. The van der Waals surface area contributed by atoms with Crippen LogP contribution in [0.1, 0.15) is 15.9 Å². The maximum absolute atomic E-state index is 12.3. The Hall–Kier alpha value is -3.05. The second kappa shape index (κ2) is 7.89. The minimum Gasteiger partial charge on any atom is -0.493 e. The molecule has 1 amide bonds. The Labute approximate surface area is 156 Å². The van der Waals surface area contributed by atoms with E-state index in [-0.39, 0.29) is 5.91 Å². The first-order chi connectivity index (χ1) is 12.6. The van der Waals surface area contributed by atoms with Crippen molar-refractivity contribution in [1.29, 1.82) is 0 Å². The Kier molecular flexibility index (Phi) is 5.39. The van der Waals surface area contributed by atoms with Crippen molar-refractivity contribution in [2.45, 2.75) is 6.92 Å². The molecule has 1 aromatic heterocycles. The van der Waals surface area contributed by atoms with Crippen LogP contribution in [0, 0.1) is 6.92 Å². The number of benzene rings is 2. The molecule has 132 valence electrons. The summed E-state index contributed by atoms with van der Waals surface area (Å²) in [6, 6.07) is 15.9. The smallest absolute Gasteiger partial charge is 0.257 e. The Morgan fingerprint density at radius 1 is 1.08 bits per heavy atom. The molecule has 26 heavy (non-hydrogen) atoms. The van der Waals surface area contributed by atoms with Gasteiger partial charge in [-0.05, 0) is 42.8 Å². The van der Waals surface area contributed by atoms with Gasteiger partial charge < -0.3 is 14.8 Å². The molecule has 0 bridgehead atoms. The summed E-state index contributed by atoms with van der Waals surface area (Å²) in [6.45, 7) is 1.97. The van der Waals surface area contributed by atoms with Gasteiger partial charge in [0.2, 0.25) is 5.88 Å². The predicted molar refractivity (Wildman–Crippen MR) is 101 cm³/mol. The third-order valence-corrected chi connectivity index (χ3v) is 3.98. The molecule has 0 aliphatic carbocycles. The number of halogens is 1. The van der Waals surface area contributed by atoms with Crippen LogP contribution in [0.25, 0.3) is 0 Å². The first-order valence-corrected chi connectivity index (χ1v) is 8.29. The zero-order valence-corrected chi connectivity index (χ0v) is 15.1. The number of anilines is 1. The largest absolute Gasteiger partial charge is 0.493 e. The van der Waals surface area contributed by atoms with Gasteiger partial charge in [-0.25, -0.2) is 4.98 Å². The standard InChI is InChI=1S/C20H17ClN2O3/c1-13-7-9-17(18(11-13)25-2)26-19-10-8-14(12-22-19)23-20(24)15-5-3-4-6-16(15)21/h3-12H,1-2H3,(H,23,24). The molecule has 0 atom stereocenters. The van der Waals surface area contributed by atoms with Crippen LogP contribution >= 0.6 is 11.6 Å². The fourth-order valence-corrected chi connectivity index (χ4v) is 2.55. The highest BCUT2D eigenvalue weighted by molar-refractivity contribution is 6.34. The molecule has 0 saturated heterocycles. The van der Waals surface area contributed by atoms with Crippen LogP contribution in [0.4, 0.5) is 5.69 Å². The summed E-state index contributed by atoms with van der Waals surface area (Å²) < 4.78 is 11.1. The summed E-state index contributed by atoms with van der Waals surface area (Å²) in [5, 5.41) is 3.15. The van der Waals surface area contributed by atoms with Crippen LogP contribution in [-0.4, -0.2) is 18.0 Å². The van der Waals surface area contributed by atoms with Crippen LogP contribution < -0.4 is 14.8 Å². The number of ether oxygens (including phenoxy) is 2. The molecular weight excluding hydrogens is 352 g/mol. The summed E-state index contributed by atoms with van der Waals surface area (Å²) in [4.78, 5) is 16.5. The third-order valence-electron chi connectivity index (χ3n) is 3.65. The maximum atomic E-state index is 12.3. The van der Waals surface area contributed by atoms with Gasteiger partial charge in [0.1, 0.15) is 0 Å². The highest BCUT2D eigenvalue weighted by atomic mass is 35.5. The van der Waals surface area contributed by atoms with Gasteiger partial charge in [0.25, 0.3) is 5.91 Å². The van der Waals surface area contributed by atoms with Gasteiger partial charge in [-0.3, -0.25) is 4.79 Å². The van der Waals surface area contributed by atoms with Crippen LogP contribution in [0.2, 0.25) is 5.02 Å². The van der Waals surface area contributed by atoms with E-state index in [0.717, 1.165) is 5.56 Å². The number of rotatable bonds is 5. The van der Waals surface area contributed by atoms with Crippen molar-refractivity contribution in [1.82, 2.24) is 4.98 Å². The predicted octanol–water partition coefficient (Wildman–Crippen LogP) is 5.10. The van der Waals surface area contributed by atoms with E-state index in [0.29, 0.717) is 33.7 Å². The zero-order chi connectivity index (χ0) is 18.5. The Bertz CT molecular complexity index is 927. The molecule has 0 unspecified atom stereocenters. The molecule has 0 fully saturated rings. The van der Waals surface area contributed by atoms with Crippen molar-refractivity contribution in [2.75, 3.05) is 12.4 Å². The number of amides is 1. The second-order valence-electron chi connectivity index (χ2n) is 5.58. The Balaban J connectivity index is 1.71. The van der Waals surface area contributed by atoms with E-state index >= 15 is 0 Å². The maximum Gasteiger partial charge on any atom is 0.257 e. The molecule has 5 nitrogen and oxygen atoms in total. The molecule has 6 heteroatoms. The lowest BCUT2D eigenvalue weighted by Gasteiger charge is -2.11. The first kappa shape index (κ1) is 17.8. The van der Waals surface area contributed by atoms with E-state index in [9.17, 15) is 4.79 Å². The second-order valence-corrected chi connectivity index (χ2v) is 5.98. The minimum absolute atomic E-state index is 0.300. The molecule has 0 radical (unpaired) electrons. The van der Waals surface area contributed by atoms with Crippen LogP contribution in [0.15, 0.2) is 60.8 Å². The van der Waals surface area contributed by atoms with Crippen LogP contribution in [-0.2, 0) is 0 Å². The highest BCUT2D eigenvalue weighted by Crippen LogP contribution is 2.31. The lowest BCUT2D eigenvalue weighted by molar-refractivity contribution is 0.102. The van der Waals surface area contributed by atoms with Gasteiger partial charge in [-0.15, -0.1) is 0 Å². The lowest BCUT2D eigenvalue weighted by atomic mass is 10.2. The molecule has 1 N–H and O–H groups in total. The lowest BCUT2D eigenvalue weighted by Crippen LogP contribution is -2.12. The summed E-state index contributed by atoms with van der Waals surface area (Å²) >= 11 is 6.03. The van der Waals surface area contributed by atoms with Gasteiger partial charge >= 0.3 is 0 Å². The minimum atomic E-state index is -0.300. The Morgan fingerprint density at radius 2 is 1.88 bits per heavy atom. The van der Waals surface area contributed by atoms with E-state index in [1.807, 2.05) is 25.1 Å². The average molecular weight is 369 g/mol. The molecule has 2 aromatic carbocycles. The number of hydrogen-bond acceptors (Lipinski definition) is 4. The molecule has 0 aliphatic rings. The zero-order valence-electron chi connectivity index (χ0n) is 14.3. The number of hydrogen-bond donors (Lipinski definition) is 1. The van der Waals surface area contributed by atoms with Crippen molar-refractivity contribution in [3.63, 3.8) is 0 Å². The monoisotopic (exact) mass is 368 g/mol. The molecular formula is C20H17ClN2O3. The quantitative estimate of drug-likeness (QED) is 0.680.